The summed E-state index contributed by atoms with van der Waals surface area (Å²) in [7, 11) is 0. The number of rotatable bonds is 29. The van der Waals surface area contributed by atoms with Crippen LogP contribution in [0, 0.1) is 6.42 Å². The third-order valence-corrected chi connectivity index (χ3v) is 6.90. The van der Waals surface area contributed by atoms with E-state index in [0.29, 0.717) is 5.78 Å². The minimum absolute atomic E-state index is 0.371. The zero-order valence-corrected chi connectivity index (χ0v) is 25.1. The van der Waals surface area contributed by atoms with Crippen molar-refractivity contribution in [2.45, 2.75) is 168 Å². The van der Waals surface area contributed by atoms with E-state index in [1.54, 1.807) is 0 Å². The molecule has 0 unspecified atom stereocenters. The summed E-state index contributed by atoms with van der Waals surface area (Å²) >= 11 is 0. The van der Waals surface area contributed by atoms with Crippen molar-refractivity contribution in [3.63, 3.8) is 0 Å². The van der Waals surface area contributed by atoms with E-state index in [1.807, 2.05) is 6.42 Å². The summed E-state index contributed by atoms with van der Waals surface area (Å²) in [5.41, 5.74) is 0. The Balaban J connectivity index is 3.30. The lowest BCUT2D eigenvalue weighted by molar-refractivity contribution is -0.116. The molecule has 0 N–H and O–H groups in total. The van der Waals surface area contributed by atoms with Gasteiger partial charge in [0.15, 0.2) is 0 Å². The minimum Gasteiger partial charge on any atom is -0.299 e. The van der Waals surface area contributed by atoms with E-state index in [9.17, 15) is 4.79 Å². The highest BCUT2D eigenvalue weighted by atomic mass is 16.1. The van der Waals surface area contributed by atoms with Crippen molar-refractivity contribution in [3.8, 4) is 0 Å². The van der Waals surface area contributed by atoms with E-state index < -0.39 is 0 Å². The quantitative estimate of drug-likeness (QED) is 0.0720. The summed E-state index contributed by atoms with van der Waals surface area (Å²) in [5, 5.41) is 0. The van der Waals surface area contributed by atoms with Gasteiger partial charge < -0.3 is 0 Å². The van der Waals surface area contributed by atoms with Gasteiger partial charge in [-0.25, -0.2) is 0 Å². The molecule has 0 spiro atoms. The van der Waals surface area contributed by atoms with Crippen LogP contribution in [0.2, 0.25) is 0 Å². The smallest absolute Gasteiger partial charge is 0.136 e. The molecular weight excluding hydrogens is 448 g/mol. The Bertz CT molecular complexity index is 565. The predicted molar refractivity (Wildman–Crippen MR) is 168 cm³/mol. The molecule has 0 saturated carbocycles. The van der Waals surface area contributed by atoms with Crippen LogP contribution in [0.3, 0.4) is 0 Å². The molecule has 0 atom stereocenters. The number of carbonyl (C=O) groups excluding carboxylic acids is 1. The lowest BCUT2D eigenvalue weighted by Crippen LogP contribution is -1.98. The van der Waals surface area contributed by atoms with Crippen molar-refractivity contribution in [1.29, 1.82) is 0 Å². The van der Waals surface area contributed by atoms with Gasteiger partial charge in [-0.15, -0.1) is 0 Å². The second kappa shape index (κ2) is 32.7. The number of ketones is 1. The van der Waals surface area contributed by atoms with Gasteiger partial charge in [-0.3, -0.25) is 4.79 Å². The van der Waals surface area contributed by atoms with Crippen LogP contribution in [0.15, 0.2) is 48.6 Å². The Hall–Kier alpha value is -1.37. The SMILES string of the molecule is CCCCCC=CCC=CCCCCCCCC(=O)[CH]CCCCCCC/C=C\C/C=C\CCCCC. The Morgan fingerprint density at radius 2 is 0.757 bits per heavy atom. The molecule has 0 aliphatic rings. The summed E-state index contributed by atoms with van der Waals surface area (Å²) in [6, 6.07) is 0. The van der Waals surface area contributed by atoms with Gasteiger partial charge in [0.2, 0.25) is 0 Å². The molecular formula is C36H63O. The largest absolute Gasteiger partial charge is 0.299 e. The van der Waals surface area contributed by atoms with Crippen molar-refractivity contribution >= 4 is 5.78 Å². The third kappa shape index (κ3) is 32.6. The molecule has 0 bridgehead atoms. The van der Waals surface area contributed by atoms with Crippen LogP contribution in [0.1, 0.15) is 168 Å². The van der Waals surface area contributed by atoms with Gasteiger partial charge in [-0.05, 0) is 77.0 Å². The van der Waals surface area contributed by atoms with Crippen LogP contribution in [-0.2, 0) is 4.79 Å². The molecule has 0 amide bonds. The Morgan fingerprint density at radius 1 is 0.405 bits per heavy atom. The molecule has 1 radical (unpaired) electrons. The Kier molecular flexibility index (Phi) is 31.4. The molecule has 37 heavy (non-hydrogen) atoms. The summed E-state index contributed by atoms with van der Waals surface area (Å²) in [5.74, 6) is 0.371. The molecule has 1 nitrogen and oxygen atoms in total. The van der Waals surface area contributed by atoms with Gasteiger partial charge in [-0.2, -0.15) is 0 Å². The van der Waals surface area contributed by atoms with Crippen molar-refractivity contribution in [2.75, 3.05) is 0 Å². The van der Waals surface area contributed by atoms with Crippen molar-refractivity contribution in [3.05, 3.63) is 55.0 Å². The molecule has 0 fully saturated rings. The van der Waals surface area contributed by atoms with Crippen LogP contribution in [0.5, 0.6) is 0 Å². The van der Waals surface area contributed by atoms with E-state index in [2.05, 4.69) is 62.5 Å². The second-order valence-electron chi connectivity index (χ2n) is 10.7. The molecule has 0 aliphatic carbocycles. The normalized spacial score (nSPS) is 12.3. The lowest BCUT2D eigenvalue weighted by atomic mass is 10.0. The first-order valence-corrected chi connectivity index (χ1v) is 16.3. The highest BCUT2D eigenvalue weighted by Crippen LogP contribution is 2.12. The van der Waals surface area contributed by atoms with E-state index in [1.165, 1.54) is 122 Å². The van der Waals surface area contributed by atoms with Crippen LogP contribution in [0.25, 0.3) is 0 Å². The van der Waals surface area contributed by atoms with E-state index in [0.717, 1.165) is 32.1 Å². The average molecular weight is 512 g/mol. The molecule has 0 aromatic heterocycles. The van der Waals surface area contributed by atoms with Crippen molar-refractivity contribution in [1.82, 2.24) is 0 Å². The summed E-state index contributed by atoms with van der Waals surface area (Å²) < 4.78 is 0. The molecule has 0 saturated heterocycles. The van der Waals surface area contributed by atoms with Gasteiger partial charge >= 0.3 is 0 Å². The third-order valence-electron chi connectivity index (χ3n) is 6.90. The number of Topliss-reactive ketones (excluding diaryl/α,β-unsaturated/α-hetero) is 1. The first-order chi connectivity index (χ1) is 18.3. The van der Waals surface area contributed by atoms with Crippen LogP contribution >= 0.6 is 0 Å². The van der Waals surface area contributed by atoms with Crippen LogP contribution in [-0.4, -0.2) is 5.78 Å². The van der Waals surface area contributed by atoms with Crippen LogP contribution < -0.4 is 0 Å². The number of hydrogen-bond acceptors (Lipinski definition) is 1. The molecule has 0 aliphatic heterocycles. The van der Waals surface area contributed by atoms with Gasteiger partial charge in [0.25, 0.3) is 0 Å². The van der Waals surface area contributed by atoms with Gasteiger partial charge in [0.1, 0.15) is 5.78 Å². The van der Waals surface area contributed by atoms with Gasteiger partial charge in [0.05, 0.1) is 0 Å². The average Bonchev–Trinajstić information content (AvgIpc) is 2.90. The van der Waals surface area contributed by atoms with Gasteiger partial charge in [0, 0.05) is 12.8 Å². The summed E-state index contributed by atoms with van der Waals surface area (Å²) in [6.07, 6.45) is 49.7. The summed E-state index contributed by atoms with van der Waals surface area (Å²) in [4.78, 5) is 12.0. The topological polar surface area (TPSA) is 17.1 Å². The predicted octanol–water partition coefficient (Wildman–Crippen LogP) is 12.4. The van der Waals surface area contributed by atoms with Crippen LogP contribution in [0.4, 0.5) is 0 Å². The number of allylic oxidation sites excluding steroid dienone is 8. The fourth-order valence-electron chi connectivity index (χ4n) is 4.43. The van der Waals surface area contributed by atoms with Crippen molar-refractivity contribution < 1.29 is 4.79 Å². The Labute approximate surface area is 233 Å². The number of carbonyl (C=O) groups is 1. The van der Waals surface area contributed by atoms with E-state index in [4.69, 9.17) is 0 Å². The number of hydrogen-bond donors (Lipinski definition) is 0. The molecule has 0 aromatic rings. The monoisotopic (exact) mass is 511 g/mol. The standard InChI is InChI=1S/C36H63O/c1-3-5-7-9-11-13-15-17-19-21-23-25-27-29-31-33-35-36(37)34-32-30-28-26-24-22-20-18-16-14-12-10-8-6-4-2/h11-14,17-20,35H,3-10,15-16,21-34H2,1-2H3/b13-11-,14-12?,19-17-,20-18?. The molecule has 0 heterocycles. The highest BCUT2D eigenvalue weighted by Gasteiger charge is 2.02. The maximum Gasteiger partial charge on any atom is 0.136 e. The van der Waals surface area contributed by atoms with E-state index >= 15 is 0 Å². The number of unbranched alkanes of at least 4 members (excludes halogenated alkanes) is 17. The fraction of sp³-hybridized carbons (Fsp3) is 0.722. The second-order valence-corrected chi connectivity index (χ2v) is 10.7. The first kappa shape index (κ1) is 35.6. The lowest BCUT2D eigenvalue weighted by Gasteiger charge is -2.02. The minimum atomic E-state index is 0.371. The molecule has 213 valence electrons. The first-order valence-electron chi connectivity index (χ1n) is 16.3. The Morgan fingerprint density at radius 3 is 1.19 bits per heavy atom. The molecule has 0 aromatic carbocycles. The zero-order valence-electron chi connectivity index (χ0n) is 25.1. The van der Waals surface area contributed by atoms with Gasteiger partial charge in [-0.1, -0.05) is 133 Å². The van der Waals surface area contributed by atoms with Crippen molar-refractivity contribution in [2.24, 2.45) is 0 Å². The fourth-order valence-corrected chi connectivity index (χ4v) is 4.43. The maximum atomic E-state index is 12.0. The van der Waals surface area contributed by atoms with E-state index in [-0.39, 0.29) is 0 Å². The zero-order chi connectivity index (χ0) is 26.9. The molecule has 1 heteroatoms. The highest BCUT2D eigenvalue weighted by molar-refractivity contribution is 5.86. The summed E-state index contributed by atoms with van der Waals surface area (Å²) in [6.45, 7) is 4.51. The molecule has 0 rings (SSSR count). The maximum absolute atomic E-state index is 12.0.